The number of hydrogen-bond donors (Lipinski definition) is 3. The Labute approximate surface area is 261 Å². The normalized spacial score (nSPS) is 16.7. The number of nitrogens with one attached hydrogen (secondary N) is 2. The maximum absolute atomic E-state index is 13.7. The minimum absolute atomic E-state index is 0.0317. The first-order valence-corrected chi connectivity index (χ1v) is 14.8. The highest BCUT2D eigenvalue weighted by molar-refractivity contribution is 5.98. The highest BCUT2D eigenvalue weighted by Gasteiger charge is 2.38. The molecule has 1 saturated carbocycles. The predicted molar refractivity (Wildman–Crippen MR) is 166 cm³/mol. The van der Waals surface area contributed by atoms with Crippen molar-refractivity contribution in [2.75, 3.05) is 13.2 Å². The number of aromatic nitrogens is 2. The zero-order valence-corrected chi connectivity index (χ0v) is 25.2. The number of benzene rings is 3. The van der Waals surface area contributed by atoms with E-state index in [0.29, 0.717) is 11.8 Å². The van der Waals surface area contributed by atoms with Crippen LogP contribution < -0.4 is 15.4 Å². The molecule has 2 unspecified atom stereocenters. The van der Waals surface area contributed by atoms with Gasteiger partial charge in [0.1, 0.15) is 12.2 Å². The number of amides is 2. The number of ether oxygens (including phenoxy) is 2. The lowest BCUT2D eigenvalue weighted by Crippen LogP contribution is -2.48. The summed E-state index contributed by atoms with van der Waals surface area (Å²) in [5.74, 6) is -1.69. The van der Waals surface area contributed by atoms with Crippen LogP contribution in [0.1, 0.15) is 64.0 Å². The van der Waals surface area contributed by atoms with Crippen molar-refractivity contribution in [2.24, 2.45) is 11.8 Å². The predicted octanol–water partition coefficient (Wildman–Crippen LogP) is 4.26. The largest absolute Gasteiger partial charge is 0.472 e. The van der Waals surface area contributed by atoms with Crippen molar-refractivity contribution in [3.8, 4) is 5.88 Å². The molecule has 2 amide bonds. The molecule has 1 fully saturated rings. The van der Waals surface area contributed by atoms with Crippen LogP contribution in [0.2, 0.25) is 0 Å². The molecular formula is C35H36N4O6. The number of hydrogen-bond acceptors (Lipinski definition) is 8. The maximum Gasteiger partial charge on any atom is 0.339 e. The lowest BCUT2D eigenvalue weighted by Gasteiger charge is -2.22. The Balaban J connectivity index is 1.34. The van der Waals surface area contributed by atoms with E-state index in [1.807, 2.05) is 91.0 Å². The lowest BCUT2D eigenvalue weighted by atomic mass is 9.98. The van der Waals surface area contributed by atoms with E-state index in [2.05, 4.69) is 27.5 Å². The second-order valence-electron chi connectivity index (χ2n) is 11.4. The number of nitrogens with zero attached hydrogens (tertiary/aromatic N) is 2. The summed E-state index contributed by atoms with van der Waals surface area (Å²) in [7, 11) is 0. The van der Waals surface area contributed by atoms with Gasteiger partial charge in [0.05, 0.1) is 19.2 Å². The van der Waals surface area contributed by atoms with Crippen molar-refractivity contribution in [1.82, 2.24) is 20.6 Å². The third kappa shape index (κ3) is 8.30. The van der Waals surface area contributed by atoms with E-state index in [1.54, 1.807) is 0 Å². The Hall–Kier alpha value is -5.09. The van der Waals surface area contributed by atoms with Gasteiger partial charge in [-0.3, -0.25) is 9.59 Å². The van der Waals surface area contributed by atoms with Crippen molar-refractivity contribution in [1.29, 1.82) is 0 Å². The summed E-state index contributed by atoms with van der Waals surface area (Å²) in [6.07, 6.45) is 2.21. The second-order valence-corrected chi connectivity index (χ2v) is 11.4. The smallest absolute Gasteiger partial charge is 0.339 e. The highest BCUT2D eigenvalue weighted by atomic mass is 16.5. The summed E-state index contributed by atoms with van der Waals surface area (Å²) in [5, 5.41) is 16.2. The SMILES string of the molecule is CC1C[C@@H]1COC(=O)C(C)(O)CNC(=O)c1ncc(C(=O)NC(c2ccccc2)c2ccccc2)c(OCc2ccccc2)n1. The first kappa shape index (κ1) is 31.3. The molecule has 0 aliphatic heterocycles. The minimum atomic E-state index is -1.95. The summed E-state index contributed by atoms with van der Waals surface area (Å²) in [5.41, 5.74) is 0.652. The fraction of sp³-hybridized carbons (Fsp3) is 0.286. The van der Waals surface area contributed by atoms with Gasteiger partial charge in [0.2, 0.25) is 11.7 Å². The average molecular weight is 609 g/mol. The molecule has 10 heteroatoms. The summed E-state index contributed by atoms with van der Waals surface area (Å²) < 4.78 is 11.2. The zero-order chi connectivity index (χ0) is 31.8. The molecule has 0 spiro atoms. The molecule has 0 bridgehead atoms. The van der Waals surface area contributed by atoms with Gasteiger partial charge < -0.3 is 25.2 Å². The zero-order valence-electron chi connectivity index (χ0n) is 25.2. The van der Waals surface area contributed by atoms with E-state index in [-0.39, 0.29) is 30.5 Å². The molecule has 3 atom stereocenters. The van der Waals surface area contributed by atoms with Crippen LogP contribution in [-0.4, -0.2) is 51.6 Å². The summed E-state index contributed by atoms with van der Waals surface area (Å²) in [6, 6.07) is 27.9. The molecule has 5 rings (SSSR count). The fourth-order valence-corrected chi connectivity index (χ4v) is 4.70. The molecule has 3 N–H and O–H groups in total. The molecule has 1 heterocycles. The summed E-state index contributed by atoms with van der Waals surface area (Å²) in [4.78, 5) is 47.6. The average Bonchev–Trinajstić information content (AvgIpc) is 3.79. The third-order valence-electron chi connectivity index (χ3n) is 7.70. The standard InChI is InChI=1S/C35H36N4O6/c1-23-18-27(23)21-45-34(42)35(2,43)22-37-32(41)30-36-19-28(33(39-30)44-20-24-12-6-3-7-13-24)31(40)38-29(25-14-8-4-9-15-25)26-16-10-5-11-17-26/h3-17,19,23,27,29,43H,18,20-22H2,1-2H3,(H,37,41)(H,38,40)/t23?,27-,35?/m1/s1. The quantitative estimate of drug-likeness (QED) is 0.192. The number of aliphatic hydroxyl groups is 1. The van der Waals surface area contributed by atoms with Crippen LogP contribution in [-0.2, 0) is 16.1 Å². The number of rotatable bonds is 13. The van der Waals surface area contributed by atoms with Crippen molar-refractivity contribution in [3.05, 3.63) is 125 Å². The topological polar surface area (TPSA) is 140 Å². The molecule has 1 aliphatic rings. The molecule has 1 aliphatic carbocycles. The summed E-state index contributed by atoms with van der Waals surface area (Å²) in [6.45, 7) is 3.22. The van der Waals surface area contributed by atoms with Gasteiger partial charge in [-0.2, -0.15) is 4.98 Å². The van der Waals surface area contributed by atoms with Gasteiger partial charge in [-0.25, -0.2) is 9.78 Å². The van der Waals surface area contributed by atoms with Gasteiger partial charge in [-0.1, -0.05) is 97.9 Å². The van der Waals surface area contributed by atoms with Crippen LogP contribution in [0.4, 0.5) is 0 Å². The van der Waals surface area contributed by atoms with Crippen molar-refractivity contribution in [3.63, 3.8) is 0 Å². The lowest BCUT2D eigenvalue weighted by molar-refractivity contribution is -0.163. The third-order valence-corrected chi connectivity index (χ3v) is 7.70. The van der Waals surface area contributed by atoms with Crippen LogP contribution in [0, 0.1) is 11.8 Å². The molecule has 45 heavy (non-hydrogen) atoms. The number of carbonyl (C=O) groups excluding carboxylic acids is 3. The van der Waals surface area contributed by atoms with Crippen LogP contribution in [0.3, 0.4) is 0 Å². The summed E-state index contributed by atoms with van der Waals surface area (Å²) >= 11 is 0. The van der Waals surface area contributed by atoms with Gasteiger partial charge in [0.25, 0.3) is 11.8 Å². The Bertz CT molecular complexity index is 1580. The van der Waals surface area contributed by atoms with Gasteiger partial charge in [0.15, 0.2) is 5.60 Å². The highest BCUT2D eigenvalue weighted by Crippen LogP contribution is 2.37. The van der Waals surface area contributed by atoms with Crippen LogP contribution in [0.15, 0.2) is 97.2 Å². The van der Waals surface area contributed by atoms with Crippen LogP contribution in [0.25, 0.3) is 0 Å². The van der Waals surface area contributed by atoms with E-state index >= 15 is 0 Å². The van der Waals surface area contributed by atoms with Gasteiger partial charge >= 0.3 is 5.97 Å². The van der Waals surface area contributed by atoms with Gasteiger partial charge in [0, 0.05) is 6.20 Å². The Morgan fingerprint density at radius 3 is 2.09 bits per heavy atom. The van der Waals surface area contributed by atoms with Crippen LogP contribution >= 0.6 is 0 Å². The molecular weight excluding hydrogens is 572 g/mol. The van der Waals surface area contributed by atoms with Gasteiger partial charge in [-0.15, -0.1) is 0 Å². The molecule has 10 nitrogen and oxygen atoms in total. The van der Waals surface area contributed by atoms with E-state index in [1.165, 1.54) is 13.1 Å². The van der Waals surface area contributed by atoms with Crippen molar-refractivity contribution in [2.45, 2.75) is 38.5 Å². The van der Waals surface area contributed by atoms with E-state index in [9.17, 15) is 19.5 Å². The van der Waals surface area contributed by atoms with Gasteiger partial charge in [-0.05, 0) is 41.9 Å². The van der Waals surface area contributed by atoms with Crippen molar-refractivity contribution < 1.29 is 29.0 Å². The van der Waals surface area contributed by atoms with E-state index in [4.69, 9.17) is 9.47 Å². The van der Waals surface area contributed by atoms with Crippen molar-refractivity contribution >= 4 is 17.8 Å². The molecule has 3 aromatic carbocycles. The molecule has 0 radical (unpaired) electrons. The second kappa shape index (κ2) is 14.1. The minimum Gasteiger partial charge on any atom is -0.472 e. The van der Waals surface area contributed by atoms with Crippen LogP contribution in [0.5, 0.6) is 5.88 Å². The molecule has 1 aromatic heterocycles. The van der Waals surface area contributed by atoms with E-state index < -0.39 is 36.0 Å². The molecule has 0 saturated heterocycles. The number of esters is 1. The maximum atomic E-state index is 13.7. The fourth-order valence-electron chi connectivity index (χ4n) is 4.70. The first-order chi connectivity index (χ1) is 21.7. The first-order valence-electron chi connectivity index (χ1n) is 14.8. The van der Waals surface area contributed by atoms with E-state index in [0.717, 1.165) is 23.1 Å². The monoisotopic (exact) mass is 608 g/mol. The Morgan fingerprint density at radius 2 is 1.51 bits per heavy atom. The molecule has 232 valence electrons. The number of carbonyl (C=O) groups is 3. The molecule has 4 aromatic rings. The Morgan fingerprint density at radius 1 is 0.933 bits per heavy atom. The Kier molecular flexibility index (Phi) is 9.84.